The van der Waals surface area contributed by atoms with E-state index in [0.717, 1.165) is 0 Å². The van der Waals surface area contributed by atoms with Gasteiger partial charge in [-0.15, -0.1) is 0 Å². The van der Waals surface area contributed by atoms with E-state index in [2.05, 4.69) is 10.1 Å². The van der Waals surface area contributed by atoms with Crippen LogP contribution >= 0.6 is 0 Å². The predicted octanol–water partition coefficient (Wildman–Crippen LogP) is 0.420. The highest BCUT2D eigenvalue weighted by molar-refractivity contribution is 5.88. The summed E-state index contributed by atoms with van der Waals surface area (Å²) < 4.78 is 9.57. The number of ether oxygens (including phenoxy) is 1. The van der Waals surface area contributed by atoms with Gasteiger partial charge in [0.2, 0.25) is 11.7 Å². The van der Waals surface area contributed by atoms with Crippen molar-refractivity contribution in [2.24, 2.45) is 5.73 Å². The third kappa shape index (κ3) is 3.07. The van der Waals surface area contributed by atoms with Crippen LogP contribution in [-0.2, 0) is 16.1 Å². The van der Waals surface area contributed by atoms with Gasteiger partial charge in [-0.1, -0.05) is 0 Å². The SMILES string of the molecule is COC(=O)c1occc1CNC(C)(C)C(N)=O. The van der Waals surface area contributed by atoms with Crippen molar-refractivity contribution >= 4 is 11.9 Å². The van der Waals surface area contributed by atoms with Crippen molar-refractivity contribution in [2.75, 3.05) is 7.11 Å². The fourth-order valence-electron chi connectivity index (χ4n) is 1.15. The molecule has 17 heavy (non-hydrogen) atoms. The molecule has 0 aromatic carbocycles. The van der Waals surface area contributed by atoms with Crippen LogP contribution in [0.5, 0.6) is 0 Å². The maximum Gasteiger partial charge on any atom is 0.374 e. The van der Waals surface area contributed by atoms with Crippen molar-refractivity contribution in [2.45, 2.75) is 25.9 Å². The number of rotatable bonds is 5. The van der Waals surface area contributed by atoms with Crippen LogP contribution in [0.3, 0.4) is 0 Å². The lowest BCUT2D eigenvalue weighted by molar-refractivity contribution is -0.123. The highest BCUT2D eigenvalue weighted by Crippen LogP contribution is 2.13. The third-order valence-electron chi connectivity index (χ3n) is 2.45. The predicted molar refractivity (Wildman–Crippen MR) is 60.2 cm³/mol. The second-order valence-corrected chi connectivity index (χ2v) is 4.11. The largest absolute Gasteiger partial charge is 0.463 e. The molecule has 0 spiro atoms. The van der Waals surface area contributed by atoms with E-state index in [4.69, 9.17) is 10.2 Å². The average Bonchev–Trinajstić information content (AvgIpc) is 2.73. The fourth-order valence-corrected chi connectivity index (χ4v) is 1.15. The quantitative estimate of drug-likeness (QED) is 0.727. The molecule has 94 valence electrons. The normalized spacial score (nSPS) is 11.2. The fraction of sp³-hybridized carbons (Fsp3) is 0.455. The first-order chi connectivity index (χ1) is 7.88. The van der Waals surface area contributed by atoms with Gasteiger partial charge >= 0.3 is 5.97 Å². The number of primary amides is 1. The molecular weight excluding hydrogens is 224 g/mol. The van der Waals surface area contributed by atoms with Crippen LogP contribution in [-0.4, -0.2) is 24.5 Å². The molecular formula is C11H16N2O4. The van der Waals surface area contributed by atoms with Crippen LogP contribution in [0.2, 0.25) is 0 Å². The summed E-state index contributed by atoms with van der Waals surface area (Å²) in [5.74, 6) is -0.899. The molecule has 1 rings (SSSR count). The second kappa shape index (κ2) is 5.01. The number of hydrogen-bond donors (Lipinski definition) is 2. The minimum absolute atomic E-state index is 0.125. The van der Waals surface area contributed by atoms with Crippen LogP contribution in [0, 0.1) is 0 Å². The lowest BCUT2D eigenvalue weighted by Gasteiger charge is -2.21. The van der Waals surface area contributed by atoms with E-state index >= 15 is 0 Å². The number of nitrogens with one attached hydrogen (secondary N) is 1. The summed E-state index contributed by atoms with van der Waals surface area (Å²) in [6.45, 7) is 3.61. The van der Waals surface area contributed by atoms with Gasteiger partial charge < -0.3 is 14.9 Å². The number of hydrogen-bond acceptors (Lipinski definition) is 5. The Balaban J connectivity index is 2.74. The van der Waals surface area contributed by atoms with Gasteiger partial charge in [0.1, 0.15) is 0 Å². The molecule has 1 heterocycles. The summed E-state index contributed by atoms with van der Waals surface area (Å²) in [7, 11) is 1.27. The van der Waals surface area contributed by atoms with Crippen LogP contribution in [0.25, 0.3) is 0 Å². The number of carbonyl (C=O) groups is 2. The maximum absolute atomic E-state index is 11.3. The summed E-state index contributed by atoms with van der Waals surface area (Å²) in [5.41, 5.74) is 4.98. The van der Waals surface area contributed by atoms with E-state index < -0.39 is 17.4 Å². The molecule has 0 bridgehead atoms. The second-order valence-electron chi connectivity index (χ2n) is 4.11. The molecule has 0 saturated carbocycles. The van der Waals surface area contributed by atoms with Crippen molar-refractivity contribution in [3.63, 3.8) is 0 Å². The average molecular weight is 240 g/mol. The van der Waals surface area contributed by atoms with Crippen LogP contribution < -0.4 is 11.1 Å². The summed E-state index contributed by atoms with van der Waals surface area (Å²) in [6.07, 6.45) is 1.39. The van der Waals surface area contributed by atoms with E-state index in [9.17, 15) is 9.59 Å². The molecule has 1 amide bonds. The van der Waals surface area contributed by atoms with Crippen LogP contribution in [0.4, 0.5) is 0 Å². The number of methoxy groups -OCH3 is 1. The zero-order valence-electron chi connectivity index (χ0n) is 10.1. The number of furan rings is 1. The Bertz CT molecular complexity index is 423. The van der Waals surface area contributed by atoms with Gasteiger partial charge in [-0.05, 0) is 19.9 Å². The molecule has 0 atom stereocenters. The van der Waals surface area contributed by atoms with E-state index in [0.29, 0.717) is 5.56 Å². The van der Waals surface area contributed by atoms with Gasteiger partial charge in [0, 0.05) is 12.1 Å². The van der Waals surface area contributed by atoms with Crippen molar-refractivity contribution in [1.29, 1.82) is 0 Å². The summed E-state index contributed by atoms with van der Waals surface area (Å²) in [5, 5.41) is 2.94. The number of amides is 1. The molecule has 0 aliphatic heterocycles. The van der Waals surface area contributed by atoms with Crippen molar-refractivity contribution in [3.8, 4) is 0 Å². The van der Waals surface area contributed by atoms with Gasteiger partial charge in [-0.3, -0.25) is 10.1 Å². The van der Waals surface area contributed by atoms with Gasteiger partial charge in [0.15, 0.2) is 0 Å². The van der Waals surface area contributed by atoms with Crippen LogP contribution in [0.15, 0.2) is 16.7 Å². The van der Waals surface area contributed by atoms with E-state index in [1.54, 1.807) is 19.9 Å². The molecule has 6 heteroatoms. The molecule has 0 radical (unpaired) electrons. The minimum Gasteiger partial charge on any atom is -0.463 e. The highest BCUT2D eigenvalue weighted by Gasteiger charge is 2.25. The Morgan fingerprint density at radius 3 is 2.71 bits per heavy atom. The van der Waals surface area contributed by atoms with Gasteiger partial charge in [0.25, 0.3) is 0 Å². The van der Waals surface area contributed by atoms with Crippen molar-refractivity contribution in [3.05, 3.63) is 23.7 Å². The standard InChI is InChI=1S/C11H16N2O4/c1-11(2,10(12)15)13-6-7-4-5-17-8(7)9(14)16-3/h4-5,13H,6H2,1-3H3,(H2,12,15). The highest BCUT2D eigenvalue weighted by atomic mass is 16.5. The lowest BCUT2D eigenvalue weighted by Crippen LogP contribution is -2.50. The van der Waals surface area contributed by atoms with Crippen molar-refractivity contribution < 1.29 is 18.7 Å². The molecule has 0 fully saturated rings. The minimum atomic E-state index is -0.856. The van der Waals surface area contributed by atoms with E-state index in [-0.39, 0.29) is 12.3 Å². The lowest BCUT2D eigenvalue weighted by atomic mass is 10.0. The van der Waals surface area contributed by atoms with E-state index in [1.807, 2.05) is 0 Å². The topological polar surface area (TPSA) is 94.6 Å². The zero-order valence-corrected chi connectivity index (χ0v) is 10.1. The maximum atomic E-state index is 11.3. The van der Waals surface area contributed by atoms with Crippen molar-refractivity contribution in [1.82, 2.24) is 5.32 Å². The van der Waals surface area contributed by atoms with E-state index in [1.165, 1.54) is 13.4 Å². The summed E-state index contributed by atoms with van der Waals surface area (Å²) >= 11 is 0. The third-order valence-corrected chi connectivity index (χ3v) is 2.45. The first-order valence-electron chi connectivity index (χ1n) is 5.08. The monoisotopic (exact) mass is 240 g/mol. The smallest absolute Gasteiger partial charge is 0.374 e. The number of nitrogens with two attached hydrogens (primary N) is 1. The molecule has 0 aliphatic carbocycles. The molecule has 1 aromatic rings. The first-order valence-corrected chi connectivity index (χ1v) is 5.08. The summed E-state index contributed by atoms with van der Waals surface area (Å²) in [4.78, 5) is 22.4. The Labute approximate surface area is 99.1 Å². The Morgan fingerprint density at radius 2 is 2.18 bits per heavy atom. The number of carbonyl (C=O) groups excluding carboxylic acids is 2. The van der Waals surface area contributed by atoms with Gasteiger partial charge in [-0.2, -0.15) is 0 Å². The van der Waals surface area contributed by atoms with Gasteiger partial charge in [0.05, 0.1) is 18.9 Å². The first kappa shape index (κ1) is 13.2. The molecule has 6 nitrogen and oxygen atoms in total. The van der Waals surface area contributed by atoms with Crippen LogP contribution in [0.1, 0.15) is 30.0 Å². The molecule has 0 unspecified atom stereocenters. The van der Waals surface area contributed by atoms with Gasteiger partial charge in [-0.25, -0.2) is 4.79 Å². The summed E-state index contributed by atoms with van der Waals surface area (Å²) in [6, 6.07) is 1.64. The Morgan fingerprint density at radius 1 is 1.53 bits per heavy atom. The number of esters is 1. The molecule has 1 aromatic heterocycles. The molecule has 0 aliphatic rings. The molecule has 0 saturated heterocycles. The zero-order chi connectivity index (χ0) is 13.1. The Kier molecular flexibility index (Phi) is 3.90. The molecule has 3 N–H and O–H groups in total. The Hall–Kier alpha value is -1.82.